The summed E-state index contributed by atoms with van der Waals surface area (Å²) in [4.78, 5) is 22.9. The van der Waals surface area contributed by atoms with Crippen molar-refractivity contribution in [1.82, 2.24) is 19.4 Å². The highest BCUT2D eigenvalue weighted by Crippen LogP contribution is 2.19. The van der Waals surface area contributed by atoms with E-state index < -0.39 is 0 Å². The Morgan fingerprint density at radius 1 is 1.00 bits per heavy atom. The van der Waals surface area contributed by atoms with Crippen molar-refractivity contribution in [3.8, 4) is 5.75 Å². The molecule has 6 nitrogen and oxygen atoms in total. The SMILES string of the molecule is Cn1c(=O)ccc2cc(OCCCN(CCc3ccccn3)Cc3cccnc3)ccc21. The Morgan fingerprint density at radius 3 is 2.75 bits per heavy atom. The lowest BCUT2D eigenvalue weighted by molar-refractivity contribution is 0.229. The van der Waals surface area contributed by atoms with Gasteiger partial charge in [0.25, 0.3) is 5.56 Å². The van der Waals surface area contributed by atoms with Gasteiger partial charge in [0.05, 0.1) is 12.1 Å². The maximum atomic E-state index is 11.8. The number of aryl methyl sites for hydroxylation is 1. The first-order valence-corrected chi connectivity index (χ1v) is 10.9. The van der Waals surface area contributed by atoms with E-state index in [0.717, 1.165) is 54.8 Å². The number of rotatable bonds is 10. The second kappa shape index (κ2) is 10.7. The molecule has 0 aliphatic carbocycles. The molecule has 32 heavy (non-hydrogen) atoms. The molecule has 0 aliphatic rings. The normalized spacial score (nSPS) is 11.2. The van der Waals surface area contributed by atoms with Gasteiger partial charge < -0.3 is 9.30 Å². The minimum atomic E-state index is -0.00872. The van der Waals surface area contributed by atoms with Crippen LogP contribution in [-0.2, 0) is 20.0 Å². The molecule has 0 aliphatic heterocycles. The Hall–Kier alpha value is -3.51. The van der Waals surface area contributed by atoms with Crippen molar-refractivity contribution in [2.24, 2.45) is 7.05 Å². The molecule has 0 unspecified atom stereocenters. The van der Waals surface area contributed by atoms with Gasteiger partial charge >= 0.3 is 0 Å². The first kappa shape index (κ1) is 21.7. The largest absolute Gasteiger partial charge is 0.494 e. The molecule has 4 rings (SSSR count). The molecule has 6 heteroatoms. The monoisotopic (exact) mass is 428 g/mol. The van der Waals surface area contributed by atoms with Gasteiger partial charge in [0.15, 0.2) is 0 Å². The van der Waals surface area contributed by atoms with Gasteiger partial charge in [-0.05, 0) is 54.4 Å². The molecule has 0 N–H and O–H groups in total. The molecule has 1 aromatic carbocycles. The third kappa shape index (κ3) is 5.80. The Balaban J connectivity index is 1.33. The molecule has 164 valence electrons. The predicted molar refractivity (Wildman–Crippen MR) is 127 cm³/mol. The molecule has 0 radical (unpaired) electrons. The van der Waals surface area contributed by atoms with Crippen LogP contribution in [0.5, 0.6) is 5.75 Å². The van der Waals surface area contributed by atoms with Crippen LogP contribution in [0, 0.1) is 0 Å². The van der Waals surface area contributed by atoms with Crippen molar-refractivity contribution in [3.05, 3.63) is 101 Å². The fraction of sp³-hybridized carbons (Fsp3) is 0.269. The zero-order valence-electron chi connectivity index (χ0n) is 18.4. The number of nitrogens with zero attached hydrogens (tertiary/aromatic N) is 4. The minimum Gasteiger partial charge on any atom is -0.494 e. The topological polar surface area (TPSA) is 60.2 Å². The average molecular weight is 429 g/mol. The second-order valence-electron chi connectivity index (χ2n) is 7.86. The number of hydrogen-bond donors (Lipinski definition) is 0. The summed E-state index contributed by atoms with van der Waals surface area (Å²) in [6, 6.07) is 19.4. The summed E-state index contributed by atoms with van der Waals surface area (Å²) >= 11 is 0. The van der Waals surface area contributed by atoms with Crippen molar-refractivity contribution in [1.29, 1.82) is 0 Å². The van der Waals surface area contributed by atoms with E-state index in [-0.39, 0.29) is 5.56 Å². The van der Waals surface area contributed by atoms with E-state index in [0.29, 0.717) is 6.61 Å². The Kier molecular flexibility index (Phi) is 7.25. The molecule has 3 heterocycles. The van der Waals surface area contributed by atoms with Crippen molar-refractivity contribution in [2.75, 3.05) is 19.7 Å². The molecule has 0 bridgehead atoms. The van der Waals surface area contributed by atoms with E-state index in [2.05, 4.69) is 27.0 Å². The first-order valence-electron chi connectivity index (χ1n) is 10.9. The lowest BCUT2D eigenvalue weighted by atomic mass is 10.2. The van der Waals surface area contributed by atoms with Gasteiger partial charge in [-0.3, -0.25) is 19.7 Å². The van der Waals surface area contributed by atoms with Crippen LogP contribution in [0.3, 0.4) is 0 Å². The minimum absolute atomic E-state index is 0.00872. The molecular formula is C26H28N4O2. The fourth-order valence-corrected chi connectivity index (χ4v) is 3.77. The molecule has 3 aromatic heterocycles. The highest BCUT2D eigenvalue weighted by Gasteiger charge is 2.08. The van der Waals surface area contributed by atoms with Crippen molar-refractivity contribution < 1.29 is 4.74 Å². The number of pyridine rings is 3. The number of benzene rings is 1. The van der Waals surface area contributed by atoms with Crippen LogP contribution in [0.15, 0.2) is 84.0 Å². The standard InChI is InChI=1S/C26H28N4O2/c1-29-25-10-9-24(18-22(25)8-11-26(29)31)32-17-5-15-30(20-21-6-4-13-27-19-21)16-12-23-7-2-3-14-28-23/h2-4,6-11,13-14,18-19H,5,12,15-17,20H2,1H3. The van der Waals surface area contributed by atoms with Gasteiger partial charge in [-0.15, -0.1) is 0 Å². The molecular weight excluding hydrogens is 400 g/mol. The number of aromatic nitrogens is 3. The molecule has 0 saturated heterocycles. The Morgan fingerprint density at radius 2 is 1.94 bits per heavy atom. The quantitative estimate of drug-likeness (QED) is 0.359. The van der Waals surface area contributed by atoms with E-state index in [4.69, 9.17) is 4.74 Å². The zero-order valence-corrected chi connectivity index (χ0v) is 18.4. The van der Waals surface area contributed by atoms with Crippen LogP contribution < -0.4 is 10.3 Å². The van der Waals surface area contributed by atoms with E-state index in [9.17, 15) is 4.79 Å². The van der Waals surface area contributed by atoms with Crippen LogP contribution in [0.4, 0.5) is 0 Å². The Bertz CT molecular complexity index is 1190. The van der Waals surface area contributed by atoms with Gasteiger partial charge in [-0.25, -0.2) is 0 Å². The zero-order chi connectivity index (χ0) is 22.2. The highest BCUT2D eigenvalue weighted by atomic mass is 16.5. The van der Waals surface area contributed by atoms with Crippen LogP contribution in [0.25, 0.3) is 10.9 Å². The van der Waals surface area contributed by atoms with Crippen LogP contribution in [-0.4, -0.2) is 39.1 Å². The molecule has 0 spiro atoms. The Labute approximate surface area is 188 Å². The molecule has 0 atom stereocenters. The maximum absolute atomic E-state index is 11.8. The van der Waals surface area contributed by atoms with Crippen molar-refractivity contribution in [3.63, 3.8) is 0 Å². The summed E-state index contributed by atoms with van der Waals surface area (Å²) < 4.78 is 7.66. The van der Waals surface area contributed by atoms with Crippen LogP contribution >= 0.6 is 0 Å². The second-order valence-corrected chi connectivity index (χ2v) is 7.86. The summed E-state index contributed by atoms with van der Waals surface area (Å²) in [5.74, 6) is 0.823. The predicted octanol–water partition coefficient (Wildman–Crippen LogP) is 3.84. The maximum Gasteiger partial charge on any atom is 0.250 e. The van der Waals surface area contributed by atoms with Gasteiger partial charge in [0, 0.05) is 68.8 Å². The lowest BCUT2D eigenvalue weighted by Gasteiger charge is -2.22. The van der Waals surface area contributed by atoms with Crippen molar-refractivity contribution >= 4 is 10.9 Å². The molecule has 0 amide bonds. The fourth-order valence-electron chi connectivity index (χ4n) is 3.77. The summed E-state index contributed by atoms with van der Waals surface area (Å²) in [5, 5.41) is 0.998. The summed E-state index contributed by atoms with van der Waals surface area (Å²) in [7, 11) is 1.78. The van der Waals surface area contributed by atoms with Gasteiger partial charge in [0.2, 0.25) is 0 Å². The smallest absolute Gasteiger partial charge is 0.250 e. The average Bonchev–Trinajstić information content (AvgIpc) is 2.84. The van der Waals surface area contributed by atoms with E-state index >= 15 is 0 Å². The third-order valence-corrected chi connectivity index (χ3v) is 5.52. The van der Waals surface area contributed by atoms with E-state index in [1.165, 1.54) is 5.56 Å². The highest BCUT2D eigenvalue weighted by molar-refractivity contribution is 5.80. The van der Waals surface area contributed by atoms with Crippen LogP contribution in [0.2, 0.25) is 0 Å². The summed E-state index contributed by atoms with van der Waals surface area (Å²) in [6.07, 6.45) is 7.39. The molecule has 4 aromatic rings. The number of ether oxygens (including phenoxy) is 1. The van der Waals surface area contributed by atoms with E-state index in [1.54, 1.807) is 23.9 Å². The lowest BCUT2D eigenvalue weighted by Crippen LogP contribution is -2.28. The van der Waals surface area contributed by atoms with Crippen molar-refractivity contribution in [2.45, 2.75) is 19.4 Å². The third-order valence-electron chi connectivity index (χ3n) is 5.52. The van der Waals surface area contributed by atoms with Crippen LogP contribution in [0.1, 0.15) is 17.7 Å². The summed E-state index contributed by atoms with van der Waals surface area (Å²) in [6.45, 7) is 3.33. The van der Waals surface area contributed by atoms with E-state index in [1.807, 2.05) is 54.9 Å². The first-order chi connectivity index (χ1) is 15.7. The van der Waals surface area contributed by atoms with Gasteiger partial charge in [-0.2, -0.15) is 0 Å². The summed E-state index contributed by atoms with van der Waals surface area (Å²) in [5.41, 5.74) is 3.20. The van der Waals surface area contributed by atoms with Gasteiger partial charge in [0.1, 0.15) is 5.75 Å². The number of fused-ring (bicyclic) bond motifs is 1. The van der Waals surface area contributed by atoms with Gasteiger partial charge in [-0.1, -0.05) is 12.1 Å². The number of hydrogen-bond acceptors (Lipinski definition) is 5. The molecule has 0 saturated carbocycles. The molecule has 0 fully saturated rings.